The van der Waals surface area contributed by atoms with Gasteiger partial charge >= 0.3 is 0 Å². The summed E-state index contributed by atoms with van der Waals surface area (Å²) in [7, 11) is 0. The van der Waals surface area contributed by atoms with Crippen LogP contribution < -0.4 is 0 Å². The van der Waals surface area contributed by atoms with Crippen LogP contribution in [0.2, 0.25) is 0 Å². The molecule has 0 atom stereocenters. The molecule has 1 aromatic carbocycles. The molecule has 1 nitrogen and oxygen atoms in total. The van der Waals surface area contributed by atoms with Gasteiger partial charge in [0.05, 0.1) is 0 Å². The molecule has 2 heteroatoms. The monoisotopic (exact) mass is 299 g/mol. The van der Waals surface area contributed by atoms with E-state index in [0.29, 0.717) is 0 Å². The molecule has 2 aromatic rings. The molecule has 0 amide bonds. The summed E-state index contributed by atoms with van der Waals surface area (Å²) in [5.74, 6) is 0. The highest BCUT2D eigenvalue weighted by Crippen LogP contribution is 2.33. The standard InChI is InChI=1S/C19H25NS/c1-19(2,3)17-8-6-15(7-9-17)18-16(10-13-21-18)14-20-11-4-5-12-20/h6-10,13H,4-5,11-12,14H2,1-3H3. The van der Waals surface area contributed by atoms with Crippen LogP contribution in [0.4, 0.5) is 0 Å². The van der Waals surface area contributed by atoms with E-state index >= 15 is 0 Å². The summed E-state index contributed by atoms with van der Waals surface area (Å²) in [5, 5.41) is 2.23. The first kappa shape index (κ1) is 14.8. The average Bonchev–Trinajstić information content (AvgIpc) is 3.10. The molecule has 1 aromatic heterocycles. The van der Waals surface area contributed by atoms with Crippen LogP contribution in [0.15, 0.2) is 35.7 Å². The highest BCUT2D eigenvalue weighted by atomic mass is 32.1. The molecule has 3 rings (SSSR count). The lowest BCUT2D eigenvalue weighted by Crippen LogP contribution is -2.18. The van der Waals surface area contributed by atoms with Crippen molar-refractivity contribution >= 4 is 11.3 Å². The van der Waals surface area contributed by atoms with Crippen LogP contribution in [0.1, 0.15) is 44.7 Å². The van der Waals surface area contributed by atoms with Crippen molar-refractivity contribution in [2.75, 3.05) is 13.1 Å². The summed E-state index contributed by atoms with van der Waals surface area (Å²) in [5.41, 5.74) is 4.49. The molecule has 0 spiro atoms. The number of nitrogens with zero attached hydrogens (tertiary/aromatic N) is 1. The van der Waals surface area contributed by atoms with Gasteiger partial charge in [0, 0.05) is 11.4 Å². The zero-order valence-corrected chi connectivity index (χ0v) is 14.2. The molecule has 21 heavy (non-hydrogen) atoms. The molecule has 0 radical (unpaired) electrons. The van der Waals surface area contributed by atoms with Crippen molar-refractivity contribution in [3.8, 4) is 10.4 Å². The normalized spacial score (nSPS) is 16.5. The molecule has 1 aliphatic rings. The second-order valence-corrected chi connectivity index (χ2v) is 8.00. The van der Waals surface area contributed by atoms with E-state index in [1.165, 1.54) is 47.5 Å². The maximum absolute atomic E-state index is 2.58. The molecular formula is C19H25NS. The number of hydrogen-bond acceptors (Lipinski definition) is 2. The van der Waals surface area contributed by atoms with Gasteiger partial charge in [-0.05, 0) is 59.5 Å². The van der Waals surface area contributed by atoms with Crippen LogP contribution in [-0.2, 0) is 12.0 Å². The van der Waals surface area contributed by atoms with E-state index in [0.717, 1.165) is 6.54 Å². The van der Waals surface area contributed by atoms with Gasteiger partial charge < -0.3 is 0 Å². The summed E-state index contributed by atoms with van der Waals surface area (Å²) in [6, 6.07) is 11.5. The fourth-order valence-corrected chi connectivity index (χ4v) is 3.94. The SMILES string of the molecule is CC(C)(C)c1ccc(-c2sccc2CN2CCCC2)cc1. The summed E-state index contributed by atoms with van der Waals surface area (Å²) >= 11 is 1.87. The minimum absolute atomic E-state index is 0.229. The van der Waals surface area contributed by atoms with Crippen molar-refractivity contribution in [3.63, 3.8) is 0 Å². The first-order chi connectivity index (χ1) is 10.0. The van der Waals surface area contributed by atoms with Gasteiger partial charge in [-0.2, -0.15) is 0 Å². The van der Waals surface area contributed by atoms with E-state index in [4.69, 9.17) is 0 Å². The minimum Gasteiger partial charge on any atom is -0.299 e. The second kappa shape index (κ2) is 5.94. The summed E-state index contributed by atoms with van der Waals surface area (Å²) in [6.45, 7) is 10.4. The lowest BCUT2D eigenvalue weighted by molar-refractivity contribution is 0.332. The number of hydrogen-bond donors (Lipinski definition) is 0. The van der Waals surface area contributed by atoms with E-state index in [9.17, 15) is 0 Å². The Morgan fingerprint density at radius 2 is 1.67 bits per heavy atom. The maximum Gasteiger partial charge on any atom is 0.0387 e. The van der Waals surface area contributed by atoms with Crippen molar-refractivity contribution in [2.45, 2.75) is 45.6 Å². The first-order valence-corrected chi connectivity index (χ1v) is 8.82. The summed E-state index contributed by atoms with van der Waals surface area (Å²) < 4.78 is 0. The average molecular weight is 299 g/mol. The first-order valence-electron chi connectivity index (χ1n) is 7.94. The van der Waals surface area contributed by atoms with Crippen molar-refractivity contribution in [2.24, 2.45) is 0 Å². The smallest absolute Gasteiger partial charge is 0.0387 e. The van der Waals surface area contributed by atoms with Gasteiger partial charge in [-0.15, -0.1) is 11.3 Å². The fourth-order valence-electron chi connectivity index (χ4n) is 3.02. The zero-order valence-electron chi connectivity index (χ0n) is 13.4. The maximum atomic E-state index is 2.58. The second-order valence-electron chi connectivity index (χ2n) is 7.09. The van der Waals surface area contributed by atoms with E-state index in [1.807, 2.05) is 11.3 Å². The lowest BCUT2D eigenvalue weighted by atomic mass is 9.86. The molecule has 0 N–H and O–H groups in total. The summed E-state index contributed by atoms with van der Waals surface area (Å²) in [6.07, 6.45) is 2.72. The van der Waals surface area contributed by atoms with E-state index in [-0.39, 0.29) is 5.41 Å². The van der Waals surface area contributed by atoms with Gasteiger partial charge in [0.1, 0.15) is 0 Å². The van der Waals surface area contributed by atoms with Gasteiger partial charge in [0.15, 0.2) is 0 Å². The lowest BCUT2D eigenvalue weighted by Gasteiger charge is -2.19. The highest BCUT2D eigenvalue weighted by molar-refractivity contribution is 7.13. The Bertz CT molecular complexity index is 583. The molecule has 0 unspecified atom stereocenters. The Hall–Kier alpha value is -1.12. The van der Waals surface area contributed by atoms with Crippen LogP contribution in [0.5, 0.6) is 0 Å². The van der Waals surface area contributed by atoms with Crippen molar-refractivity contribution in [3.05, 3.63) is 46.8 Å². The zero-order chi connectivity index (χ0) is 14.9. The Kier molecular flexibility index (Phi) is 4.19. The fraction of sp³-hybridized carbons (Fsp3) is 0.474. The van der Waals surface area contributed by atoms with Crippen LogP contribution in [0.3, 0.4) is 0 Å². The molecule has 0 bridgehead atoms. The van der Waals surface area contributed by atoms with Gasteiger partial charge in [0.25, 0.3) is 0 Å². The van der Waals surface area contributed by atoms with E-state index in [2.05, 4.69) is 61.4 Å². The number of thiophene rings is 1. The van der Waals surface area contributed by atoms with Gasteiger partial charge in [-0.3, -0.25) is 4.90 Å². The number of rotatable bonds is 3. The summed E-state index contributed by atoms with van der Waals surface area (Å²) in [4.78, 5) is 4.03. The minimum atomic E-state index is 0.229. The topological polar surface area (TPSA) is 3.24 Å². The Labute approximate surface area is 132 Å². The Balaban J connectivity index is 1.82. The van der Waals surface area contributed by atoms with Gasteiger partial charge in [-0.1, -0.05) is 45.0 Å². The van der Waals surface area contributed by atoms with Crippen molar-refractivity contribution in [1.82, 2.24) is 4.90 Å². The highest BCUT2D eigenvalue weighted by Gasteiger charge is 2.16. The third kappa shape index (κ3) is 3.38. The third-order valence-corrected chi connectivity index (χ3v) is 5.36. The Morgan fingerprint density at radius 1 is 1.00 bits per heavy atom. The third-order valence-electron chi connectivity index (χ3n) is 4.35. The number of benzene rings is 1. The van der Waals surface area contributed by atoms with E-state index < -0.39 is 0 Å². The molecule has 1 fully saturated rings. The van der Waals surface area contributed by atoms with Gasteiger partial charge in [-0.25, -0.2) is 0 Å². The largest absolute Gasteiger partial charge is 0.299 e. The predicted octanol–water partition coefficient (Wildman–Crippen LogP) is 5.31. The number of likely N-dealkylation sites (tertiary alicyclic amines) is 1. The molecule has 0 aliphatic carbocycles. The van der Waals surface area contributed by atoms with Gasteiger partial charge in [0.2, 0.25) is 0 Å². The molecular weight excluding hydrogens is 274 g/mol. The van der Waals surface area contributed by atoms with Crippen molar-refractivity contribution < 1.29 is 0 Å². The molecule has 1 aliphatic heterocycles. The molecule has 1 saturated heterocycles. The quantitative estimate of drug-likeness (QED) is 0.742. The van der Waals surface area contributed by atoms with Crippen LogP contribution in [-0.4, -0.2) is 18.0 Å². The van der Waals surface area contributed by atoms with E-state index in [1.54, 1.807) is 0 Å². The molecule has 2 heterocycles. The van der Waals surface area contributed by atoms with Crippen LogP contribution in [0.25, 0.3) is 10.4 Å². The predicted molar refractivity (Wildman–Crippen MR) is 93.0 cm³/mol. The van der Waals surface area contributed by atoms with Crippen LogP contribution >= 0.6 is 11.3 Å². The molecule has 112 valence electrons. The van der Waals surface area contributed by atoms with Crippen molar-refractivity contribution in [1.29, 1.82) is 0 Å². The molecule has 0 saturated carbocycles. The Morgan fingerprint density at radius 3 is 2.29 bits per heavy atom. The van der Waals surface area contributed by atoms with Crippen LogP contribution in [0, 0.1) is 0 Å².